The summed E-state index contributed by atoms with van der Waals surface area (Å²) in [6.45, 7) is 4.42. The summed E-state index contributed by atoms with van der Waals surface area (Å²) >= 11 is 0. The van der Waals surface area contributed by atoms with E-state index in [0.717, 1.165) is 12.8 Å². The van der Waals surface area contributed by atoms with Crippen LogP contribution in [0.2, 0.25) is 0 Å². The number of unbranched alkanes of at least 4 members (excludes halogenated alkanes) is 5. The number of rotatable bonds is 11. The van der Waals surface area contributed by atoms with E-state index in [2.05, 4.69) is 50.3 Å². The average Bonchev–Trinajstić information content (AvgIpc) is 2.35. The van der Waals surface area contributed by atoms with E-state index in [1.54, 1.807) is 0 Å². The molecule has 0 fully saturated rings. The number of hydrogen-bond acceptors (Lipinski definition) is 0. The van der Waals surface area contributed by atoms with Crippen LogP contribution in [0, 0.1) is 0 Å². The summed E-state index contributed by atoms with van der Waals surface area (Å²) in [5.41, 5.74) is 0. The van der Waals surface area contributed by atoms with Crippen LogP contribution in [-0.4, -0.2) is 0 Å². The van der Waals surface area contributed by atoms with Gasteiger partial charge in [0.2, 0.25) is 0 Å². The van der Waals surface area contributed by atoms with Crippen LogP contribution in [0.25, 0.3) is 0 Å². The molecule has 0 heteroatoms. The normalized spacial score (nSPS) is 12.4. The Morgan fingerprint density at radius 3 is 1.71 bits per heavy atom. The molecule has 0 aromatic rings. The minimum absolute atomic E-state index is 1.10. The van der Waals surface area contributed by atoms with Crippen molar-refractivity contribution >= 4 is 0 Å². The SMILES string of the molecule is CC/C=C/C/C=C/CCCC/C=C/CCCC. The van der Waals surface area contributed by atoms with Gasteiger partial charge in [0.1, 0.15) is 0 Å². The molecule has 0 heterocycles. The van der Waals surface area contributed by atoms with Crippen LogP contribution in [-0.2, 0) is 0 Å². The molecule has 0 unspecified atom stereocenters. The lowest BCUT2D eigenvalue weighted by Crippen LogP contribution is -1.73. The van der Waals surface area contributed by atoms with Crippen molar-refractivity contribution in [3.8, 4) is 0 Å². The third-order valence-electron chi connectivity index (χ3n) is 2.72. The predicted molar refractivity (Wildman–Crippen MR) is 80.3 cm³/mol. The zero-order valence-corrected chi connectivity index (χ0v) is 11.8. The molecule has 0 bridgehead atoms. The Bertz CT molecular complexity index is 208. The largest absolute Gasteiger partial charge is 0.0885 e. The van der Waals surface area contributed by atoms with Gasteiger partial charge in [-0.25, -0.2) is 0 Å². The van der Waals surface area contributed by atoms with E-state index in [-0.39, 0.29) is 0 Å². The van der Waals surface area contributed by atoms with Crippen LogP contribution < -0.4 is 0 Å². The summed E-state index contributed by atoms with van der Waals surface area (Å²) in [6.07, 6.45) is 25.1. The van der Waals surface area contributed by atoms with E-state index in [1.807, 2.05) is 0 Å². The fourth-order valence-electron chi connectivity index (χ4n) is 1.64. The van der Waals surface area contributed by atoms with E-state index < -0.39 is 0 Å². The van der Waals surface area contributed by atoms with Gasteiger partial charge in [0.15, 0.2) is 0 Å². The van der Waals surface area contributed by atoms with Gasteiger partial charge in [0.25, 0.3) is 0 Å². The van der Waals surface area contributed by atoms with Gasteiger partial charge < -0.3 is 0 Å². The molecule has 0 atom stereocenters. The quantitative estimate of drug-likeness (QED) is 0.295. The van der Waals surface area contributed by atoms with Gasteiger partial charge in [-0.2, -0.15) is 0 Å². The molecule has 0 nitrogen and oxygen atoms in total. The van der Waals surface area contributed by atoms with E-state index in [4.69, 9.17) is 0 Å². The van der Waals surface area contributed by atoms with Crippen LogP contribution in [0.1, 0.15) is 71.6 Å². The fraction of sp³-hybridized carbons (Fsp3) is 0.647. The third-order valence-corrected chi connectivity index (χ3v) is 2.72. The molecule has 0 aliphatic rings. The first-order valence-corrected chi connectivity index (χ1v) is 7.36. The smallest absolute Gasteiger partial charge is 0.0169 e. The van der Waals surface area contributed by atoms with Gasteiger partial charge in [-0.15, -0.1) is 0 Å². The third kappa shape index (κ3) is 15.2. The molecule has 0 spiro atoms. The molecular formula is C17H30. The summed E-state index contributed by atoms with van der Waals surface area (Å²) < 4.78 is 0. The monoisotopic (exact) mass is 234 g/mol. The van der Waals surface area contributed by atoms with E-state index in [1.165, 1.54) is 44.9 Å². The van der Waals surface area contributed by atoms with Gasteiger partial charge in [0, 0.05) is 0 Å². The Kier molecular flexibility index (Phi) is 14.5. The maximum Gasteiger partial charge on any atom is -0.0169 e. The highest BCUT2D eigenvalue weighted by atomic mass is 13.9. The van der Waals surface area contributed by atoms with Crippen molar-refractivity contribution in [1.29, 1.82) is 0 Å². The molecule has 98 valence electrons. The lowest BCUT2D eigenvalue weighted by atomic mass is 10.1. The summed E-state index contributed by atoms with van der Waals surface area (Å²) in [5.74, 6) is 0. The van der Waals surface area contributed by atoms with Crippen molar-refractivity contribution in [3.05, 3.63) is 36.5 Å². The van der Waals surface area contributed by atoms with Crippen molar-refractivity contribution in [2.24, 2.45) is 0 Å². The zero-order chi connectivity index (χ0) is 12.6. The summed E-state index contributed by atoms with van der Waals surface area (Å²) in [7, 11) is 0. The standard InChI is InChI=1S/C17H30/c1-3-5-7-9-11-13-15-17-16-14-12-10-8-6-4-2/h5,7,10-13H,3-4,6,8-9,14-17H2,1-2H3/b7-5+,12-10+,13-11+. The number of hydrogen-bond donors (Lipinski definition) is 0. The average molecular weight is 234 g/mol. The van der Waals surface area contributed by atoms with Crippen molar-refractivity contribution in [3.63, 3.8) is 0 Å². The zero-order valence-electron chi connectivity index (χ0n) is 11.8. The maximum atomic E-state index is 2.35. The highest BCUT2D eigenvalue weighted by molar-refractivity contribution is 4.92. The van der Waals surface area contributed by atoms with Crippen LogP contribution in [0.4, 0.5) is 0 Å². The molecule has 17 heavy (non-hydrogen) atoms. The summed E-state index contributed by atoms with van der Waals surface area (Å²) in [6, 6.07) is 0. The number of allylic oxidation sites excluding steroid dienone is 6. The van der Waals surface area contributed by atoms with Crippen molar-refractivity contribution in [1.82, 2.24) is 0 Å². The van der Waals surface area contributed by atoms with Gasteiger partial charge in [-0.1, -0.05) is 63.1 Å². The highest BCUT2D eigenvalue weighted by Crippen LogP contribution is 2.04. The van der Waals surface area contributed by atoms with Gasteiger partial charge in [0.05, 0.1) is 0 Å². The van der Waals surface area contributed by atoms with Crippen LogP contribution in [0.3, 0.4) is 0 Å². The lowest BCUT2D eigenvalue weighted by Gasteiger charge is -1.93. The molecule has 0 saturated heterocycles. The van der Waals surface area contributed by atoms with E-state index in [9.17, 15) is 0 Å². The van der Waals surface area contributed by atoms with Gasteiger partial charge in [-0.05, 0) is 44.9 Å². The molecule has 0 radical (unpaired) electrons. The van der Waals surface area contributed by atoms with Crippen molar-refractivity contribution in [2.45, 2.75) is 71.6 Å². The van der Waals surface area contributed by atoms with Crippen molar-refractivity contribution in [2.75, 3.05) is 0 Å². The van der Waals surface area contributed by atoms with Crippen molar-refractivity contribution < 1.29 is 0 Å². The lowest BCUT2D eigenvalue weighted by molar-refractivity contribution is 0.755. The highest BCUT2D eigenvalue weighted by Gasteiger charge is 1.83. The molecule has 0 saturated carbocycles. The van der Waals surface area contributed by atoms with Gasteiger partial charge >= 0.3 is 0 Å². The van der Waals surface area contributed by atoms with E-state index in [0.29, 0.717) is 0 Å². The molecule has 0 aliphatic carbocycles. The Morgan fingerprint density at radius 2 is 1.12 bits per heavy atom. The van der Waals surface area contributed by atoms with Gasteiger partial charge in [-0.3, -0.25) is 0 Å². The first-order chi connectivity index (χ1) is 8.41. The Hall–Kier alpha value is -0.780. The molecule has 0 N–H and O–H groups in total. The Morgan fingerprint density at radius 1 is 0.588 bits per heavy atom. The molecule has 0 amide bonds. The first-order valence-electron chi connectivity index (χ1n) is 7.36. The van der Waals surface area contributed by atoms with E-state index >= 15 is 0 Å². The fourth-order valence-corrected chi connectivity index (χ4v) is 1.64. The predicted octanol–water partition coefficient (Wildman–Crippen LogP) is 6.21. The van der Waals surface area contributed by atoms with Crippen LogP contribution in [0.15, 0.2) is 36.5 Å². The summed E-state index contributed by atoms with van der Waals surface area (Å²) in [5, 5.41) is 0. The Balaban J connectivity index is 3.17. The van der Waals surface area contributed by atoms with Crippen LogP contribution in [0.5, 0.6) is 0 Å². The molecular weight excluding hydrogens is 204 g/mol. The molecule has 0 aromatic carbocycles. The molecule has 0 rings (SSSR count). The minimum atomic E-state index is 1.10. The molecule has 0 aromatic heterocycles. The topological polar surface area (TPSA) is 0 Å². The maximum absolute atomic E-state index is 2.35. The molecule has 0 aliphatic heterocycles. The Labute approximate surface area is 109 Å². The second-order valence-electron chi connectivity index (χ2n) is 4.48. The minimum Gasteiger partial charge on any atom is -0.0885 e. The summed E-state index contributed by atoms with van der Waals surface area (Å²) in [4.78, 5) is 0. The van der Waals surface area contributed by atoms with Crippen LogP contribution >= 0.6 is 0 Å². The first kappa shape index (κ1) is 16.2. The second kappa shape index (κ2) is 15.2. The second-order valence-corrected chi connectivity index (χ2v) is 4.48.